The van der Waals surface area contributed by atoms with Crippen LogP contribution in [0.1, 0.15) is 59.1 Å². The quantitative estimate of drug-likeness (QED) is 0.633. The minimum Gasteiger partial charge on any atom is -0.508 e. The number of hydrogen-bond donors (Lipinski definition) is 3. The predicted molar refractivity (Wildman–Crippen MR) is 111 cm³/mol. The largest absolute Gasteiger partial charge is 0.508 e. The summed E-state index contributed by atoms with van der Waals surface area (Å²) >= 11 is 0. The van der Waals surface area contributed by atoms with Crippen molar-refractivity contribution in [2.24, 2.45) is 17.8 Å². The van der Waals surface area contributed by atoms with Crippen molar-refractivity contribution in [2.75, 3.05) is 0 Å². The SMILES string of the molecule is CC(C)CC1(C)c2ccc(O)cc2OC(C)(c2ccc(O)cc2O)C1C(C)C. The standard InChI is InChI=1S/C24H32O4/c1-14(2)13-23(5)19-10-8-17(26)12-21(19)28-24(6,22(23)15(3)4)18-9-7-16(25)11-20(18)27/h7-12,14-15,22,25-27H,13H2,1-6H3. The Kier molecular flexibility index (Phi) is 5.03. The maximum Gasteiger partial charge on any atom is 0.139 e. The molecule has 0 bridgehead atoms. The van der Waals surface area contributed by atoms with E-state index in [0.29, 0.717) is 17.2 Å². The lowest BCUT2D eigenvalue weighted by Gasteiger charge is -2.55. The van der Waals surface area contributed by atoms with E-state index in [1.165, 1.54) is 6.07 Å². The van der Waals surface area contributed by atoms with Gasteiger partial charge in [-0.1, -0.05) is 40.7 Å². The molecule has 4 heteroatoms. The number of phenolic OH excluding ortho intramolecular Hbond substituents is 3. The predicted octanol–water partition coefficient (Wildman–Crippen LogP) is 5.69. The maximum atomic E-state index is 10.7. The number of aromatic hydroxyl groups is 3. The number of ether oxygens (including phenoxy) is 1. The van der Waals surface area contributed by atoms with Gasteiger partial charge in [0.25, 0.3) is 0 Å². The van der Waals surface area contributed by atoms with Crippen molar-refractivity contribution in [3.05, 3.63) is 47.5 Å². The van der Waals surface area contributed by atoms with Crippen LogP contribution >= 0.6 is 0 Å². The van der Waals surface area contributed by atoms with Gasteiger partial charge in [0.1, 0.15) is 28.6 Å². The van der Waals surface area contributed by atoms with E-state index in [2.05, 4.69) is 34.6 Å². The summed E-state index contributed by atoms with van der Waals surface area (Å²) in [6, 6.07) is 10.0. The molecule has 3 N–H and O–H groups in total. The topological polar surface area (TPSA) is 69.9 Å². The Bertz CT molecular complexity index is 873. The summed E-state index contributed by atoms with van der Waals surface area (Å²) in [4.78, 5) is 0. The molecule has 0 saturated carbocycles. The molecule has 0 radical (unpaired) electrons. The molecule has 0 spiro atoms. The van der Waals surface area contributed by atoms with Crippen LogP contribution in [0, 0.1) is 17.8 Å². The van der Waals surface area contributed by atoms with Gasteiger partial charge in [0.15, 0.2) is 0 Å². The Hall–Kier alpha value is -2.36. The number of phenols is 3. The van der Waals surface area contributed by atoms with E-state index < -0.39 is 5.60 Å². The molecule has 0 aliphatic carbocycles. The van der Waals surface area contributed by atoms with Crippen LogP contribution < -0.4 is 4.74 Å². The highest BCUT2D eigenvalue weighted by Gasteiger charge is 2.56. The van der Waals surface area contributed by atoms with Crippen LogP contribution in [-0.2, 0) is 11.0 Å². The van der Waals surface area contributed by atoms with Crippen molar-refractivity contribution in [3.63, 3.8) is 0 Å². The molecule has 1 heterocycles. The first-order valence-corrected chi connectivity index (χ1v) is 10.0. The molecular formula is C24H32O4. The van der Waals surface area contributed by atoms with E-state index in [-0.39, 0.29) is 34.5 Å². The van der Waals surface area contributed by atoms with E-state index in [1.807, 2.05) is 13.0 Å². The molecule has 3 unspecified atom stereocenters. The summed E-state index contributed by atoms with van der Waals surface area (Å²) in [5, 5.41) is 30.5. The van der Waals surface area contributed by atoms with Gasteiger partial charge in [-0.2, -0.15) is 0 Å². The molecule has 1 aliphatic rings. The highest BCUT2D eigenvalue weighted by molar-refractivity contribution is 5.51. The lowest BCUT2D eigenvalue weighted by molar-refractivity contribution is -0.0680. The van der Waals surface area contributed by atoms with Crippen LogP contribution in [0.2, 0.25) is 0 Å². The molecule has 2 aromatic carbocycles. The Labute approximate surface area is 167 Å². The Balaban J connectivity index is 2.31. The van der Waals surface area contributed by atoms with Crippen LogP contribution in [0.25, 0.3) is 0 Å². The van der Waals surface area contributed by atoms with Crippen LogP contribution in [0.4, 0.5) is 0 Å². The third-order valence-electron chi connectivity index (χ3n) is 6.20. The first-order valence-electron chi connectivity index (χ1n) is 10.0. The van der Waals surface area contributed by atoms with E-state index in [4.69, 9.17) is 4.74 Å². The second-order valence-corrected chi connectivity index (χ2v) is 9.33. The number of hydrogen-bond acceptors (Lipinski definition) is 4. The molecular weight excluding hydrogens is 352 g/mol. The number of benzene rings is 2. The molecule has 3 rings (SSSR count). The smallest absolute Gasteiger partial charge is 0.139 e. The van der Waals surface area contributed by atoms with Gasteiger partial charge in [-0.15, -0.1) is 0 Å². The van der Waals surface area contributed by atoms with Crippen LogP contribution in [0.15, 0.2) is 36.4 Å². The summed E-state index contributed by atoms with van der Waals surface area (Å²) in [7, 11) is 0. The zero-order chi connectivity index (χ0) is 20.9. The molecule has 3 atom stereocenters. The first-order chi connectivity index (χ1) is 13.0. The lowest BCUT2D eigenvalue weighted by Crippen LogP contribution is -2.55. The average Bonchev–Trinajstić information content (AvgIpc) is 2.52. The molecule has 28 heavy (non-hydrogen) atoms. The fraction of sp³-hybridized carbons (Fsp3) is 0.500. The number of fused-ring (bicyclic) bond motifs is 1. The second-order valence-electron chi connectivity index (χ2n) is 9.33. The van der Waals surface area contributed by atoms with E-state index >= 15 is 0 Å². The minimum absolute atomic E-state index is 0.0173. The summed E-state index contributed by atoms with van der Waals surface area (Å²) in [5.74, 6) is 1.64. The molecule has 1 aliphatic heterocycles. The van der Waals surface area contributed by atoms with Crippen LogP contribution in [-0.4, -0.2) is 15.3 Å². The van der Waals surface area contributed by atoms with Crippen LogP contribution in [0.3, 0.4) is 0 Å². The van der Waals surface area contributed by atoms with Crippen molar-refractivity contribution in [1.29, 1.82) is 0 Å². The Morgan fingerprint density at radius 3 is 2.00 bits per heavy atom. The van der Waals surface area contributed by atoms with Gasteiger partial charge in [-0.05, 0) is 43.4 Å². The lowest BCUT2D eigenvalue weighted by atomic mass is 9.55. The zero-order valence-electron chi connectivity index (χ0n) is 17.7. The highest BCUT2D eigenvalue weighted by Crippen LogP contribution is 2.59. The molecule has 0 fully saturated rings. The van der Waals surface area contributed by atoms with Gasteiger partial charge in [-0.3, -0.25) is 0 Å². The monoisotopic (exact) mass is 384 g/mol. The van der Waals surface area contributed by atoms with E-state index in [0.717, 1.165) is 12.0 Å². The fourth-order valence-electron chi connectivity index (χ4n) is 5.75. The zero-order valence-corrected chi connectivity index (χ0v) is 17.7. The summed E-state index contributed by atoms with van der Waals surface area (Å²) in [5.41, 5.74) is 0.695. The van der Waals surface area contributed by atoms with Gasteiger partial charge >= 0.3 is 0 Å². The number of rotatable bonds is 4. The molecule has 152 valence electrons. The molecule has 0 saturated heterocycles. The summed E-state index contributed by atoms with van der Waals surface area (Å²) < 4.78 is 6.56. The fourth-order valence-corrected chi connectivity index (χ4v) is 5.75. The van der Waals surface area contributed by atoms with Crippen molar-refractivity contribution in [3.8, 4) is 23.0 Å². The Morgan fingerprint density at radius 1 is 0.893 bits per heavy atom. The normalized spacial score (nSPS) is 26.9. The van der Waals surface area contributed by atoms with Gasteiger partial charge in [-0.25, -0.2) is 0 Å². The van der Waals surface area contributed by atoms with Crippen molar-refractivity contribution < 1.29 is 20.1 Å². The van der Waals surface area contributed by atoms with E-state index in [9.17, 15) is 15.3 Å². The first kappa shape index (κ1) is 20.4. The average molecular weight is 385 g/mol. The van der Waals surface area contributed by atoms with Gasteiger partial charge in [0.05, 0.1) is 0 Å². The third kappa shape index (κ3) is 3.19. The van der Waals surface area contributed by atoms with Gasteiger partial charge < -0.3 is 20.1 Å². The highest BCUT2D eigenvalue weighted by atomic mass is 16.5. The van der Waals surface area contributed by atoms with Crippen molar-refractivity contribution in [1.82, 2.24) is 0 Å². The minimum atomic E-state index is -0.823. The second kappa shape index (κ2) is 6.91. The van der Waals surface area contributed by atoms with Gasteiger partial charge in [0, 0.05) is 34.6 Å². The maximum absolute atomic E-state index is 10.7. The molecule has 0 amide bonds. The van der Waals surface area contributed by atoms with Crippen molar-refractivity contribution >= 4 is 0 Å². The van der Waals surface area contributed by atoms with Crippen LogP contribution in [0.5, 0.6) is 23.0 Å². The molecule has 4 nitrogen and oxygen atoms in total. The van der Waals surface area contributed by atoms with Crippen molar-refractivity contribution in [2.45, 2.75) is 59.0 Å². The van der Waals surface area contributed by atoms with E-state index in [1.54, 1.807) is 24.3 Å². The third-order valence-corrected chi connectivity index (χ3v) is 6.20. The summed E-state index contributed by atoms with van der Waals surface area (Å²) in [6.07, 6.45) is 0.950. The summed E-state index contributed by atoms with van der Waals surface area (Å²) in [6.45, 7) is 13.1. The molecule has 0 aromatic heterocycles. The Morgan fingerprint density at radius 2 is 1.46 bits per heavy atom. The van der Waals surface area contributed by atoms with Gasteiger partial charge in [0.2, 0.25) is 0 Å². The molecule has 2 aromatic rings.